The van der Waals surface area contributed by atoms with Crippen LogP contribution in [0.4, 0.5) is 4.39 Å². The number of halogens is 1. The quantitative estimate of drug-likeness (QED) is 0.363. The van der Waals surface area contributed by atoms with Crippen molar-refractivity contribution >= 4 is 17.7 Å². The average Bonchev–Trinajstić information content (AvgIpc) is 3.51. The fourth-order valence-electron chi connectivity index (χ4n) is 5.45. The first-order chi connectivity index (χ1) is 21.8. The number of nitrogens with one attached hydrogen (secondary N) is 2. The summed E-state index contributed by atoms with van der Waals surface area (Å²) in [4.78, 5) is 41.2. The number of nitrogens with zero attached hydrogens (tertiary/aromatic N) is 3. The number of fused-ring (bicyclic) bond motifs is 5. The Morgan fingerprint density at radius 1 is 1.11 bits per heavy atom. The Balaban J connectivity index is 1.26. The van der Waals surface area contributed by atoms with Crippen LogP contribution in [0.5, 0.6) is 17.2 Å². The fourth-order valence-corrected chi connectivity index (χ4v) is 5.45. The maximum Gasteiger partial charge on any atom is 0.258 e. The molecule has 2 atom stereocenters. The Morgan fingerprint density at radius 3 is 2.78 bits per heavy atom. The van der Waals surface area contributed by atoms with Crippen LogP contribution in [0.1, 0.15) is 38.3 Å². The molecular formula is C33H32FN5O6. The summed E-state index contributed by atoms with van der Waals surface area (Å²) in [6.07, 6.45) is 3.04. The Morgan fingerprint density at radius 2 is 1.96 bits per heavy atom. The van der Waals surface area contributed by atoms with Crippen molar-refractivity contribution < 1.29 is 33.0 Å². The van der Waals surface area contributed by atoms with Crippen LogP contribution in [0.2, 0.25) is 0 Å². The predicted molar refractivity (Wildman–Crippen MR) is 161 cm³/mol. The zero-order valence-corrected chi connectivity index (χ0v) is 24.6. The molecule has 4 bridgehead atoms. The Hall–Kier alpha value is -5.39. The maximum atomic E-state index is 14.6. The standard InChI is InChI=1S/C33H32FN5O6/c1-43-29-8-7-23-13-30(29)44-20-31(40)35-15-22-11-25(34)14-26(12-22)45-28-9-10-38(19-27(28)37-32(23)41)33(42)24-16-36-39(18-24)17-21-5-3-2-4-6-21/h2-8,11-14,16,18,27-28H,9-10,15,17,19-20H2,1H3,(H,35,40)(H,37,41)/t27-,28+/m0/s1. The van der Waals surface area contributed by atoms with Crippen molar-refractivity contribution in [1.82, 2.24) is 25.3 Å². The van der Waals surface area contributed by atoms with Crippen molar-refractivity contribution in [3.8, 4) is 17.2 Å². The molecule has 2 aliphatic heterocycles. The molecule has 2 aliphatic rings. The van der Waals surface area contributed by atoms with Crippen molar-refractivity contribution in [2.45, 2.75) is 31.7 Å². The lowest BCUT2D eigenvalue weighted by Gasteiger charge is -2.38. The van der Waals surface area contributed by atoms with Gasteiger partial charge in [-0.15, -0.1) is 0 Å². The highest BCUT2D eigenvalue weighted by molar-refractivity contribution is 5.96. The number of amides is 3. The van der Waals surface area contributed by atoms with E-state index >= 15 is 0 Å². The average molecular weight is 614 g/mol. The third-order valence-corrected chi connectivity index (χ3v) is 7.71. The Kier molecular flexibility index (Phi) is 8.63. The summed E-state index contributed by atoms with van der Waals surface area (Å²) in [6, 6.07) is 18.0. The molecular weight excluding hydrogens is 581 g/mol. The van der Waals surface area contributed by atoms with E-state index in [1.165, 1.54) is 31.5 Å². The molecule has 11 nitrogen and oxygen atoms in total. The number of carbonyl (C=O) groups is 3. The van der Waals surface area contributed by atoms with Crippen LogP contribution < -0.4 is 24.8 Å². The van der Waals surface area contributed by atoms with Crippen LogP contribution in [-0.4, -0.2) is 71.4 Å². The fraction of sp³-hybridized carbons (Fsp3) is 0.273. The van der Waals surface area contributed by atoms with Gasteiger partial charge in [0.15, 0.2) is 18.1 Å². The second-order valence-corrected chi connectivity index (χ2v) is 10.9. The van der Waals surface area contributed by atoms with E-state index in [0.717, 1.165) is 5.56 Å². The summed E-state index contributed by atoms with van der Waals surface area (Å²) in [7, 11) is 1.45. The van der Waals surface area contributed by atoms with Gasteiger partial charge in [0, 0.05) is 43.9 Å². The molecule has 3 amide bonds. The molecule has 0 spiro atoms. The number of rotatable bonds is 4. The number of methoxy groups -OCH3 is 1. The molecule has 0 saturated carbocycles. The highest BCUT2D eigenvalue weighted by Gasteiger charge is 2.35. The van der Waals surface area contributed by atoms with Crippen LogP contribution in [0.3, 0.4) is 0 Å². The summed E-state index contributed by atoms with van der Waals surface area (Å²) in [6.45, 7) is 0.729. The van der Waals surface area contributed by atoms with E-state index in [2.05, 4.69) is 15.7 Å². The lowest BCUT2D eigenvalue weighted by atomic mass is 10.00. The normalized spacial score (nSPS) is 18.5. The minimum Gasteiger partial charge on any atom is -0.493 e. The molecule has 3 aromatic carbocycles. The lowest BCUT2D eigenvalue weighted by molar-refractivity contribution is -0.123. The lowest BCUT2D eigenvalue weighted by Crippen LogP contribution is -2.58. The van der Waals surface area contributed by atoms with E-state index < -0.39 is 29.8 Å². The van der Waals surface area contributed by atoms with Crippen molar-refractivity contribution in [1.29, 1.82) is 0 Å². The highest BCUT2D eigenvalue weighted by Crippen LogP contribution is 2.29. The molecule has 0 radical (unpaired) electrons. The third-order valence-electron chi connectivity index (χ3n) is 7.71. The SMILES string of the molecule is COc1ccc2cc1OCC(=O)NCc1cc(F)cc(c1)O[C@@H]1CCN(C(=O)c3cnn(Cc4ccccc4)c3)C[C@@H]1NC2=O. The van der Waals surface area contributed by atoms with Crippen molar-refractivity contribution in [3.63, 3.8) is 0 Å². The van der Waals surface area contributed by atoms with Gasteiger partial charge < -0.3 is 29.7 Å². The number of benzene rings is 3. The molecule has 6 rings (SSSR count). The van der Waals surface area contributed by atoms with Gasteiger partial charge in [-0.3, -0.25) is 19.1 Å². The summed E-state index contributed by atoms with van der Waals surface area (Å²) >= 11 is 0. The van der Waals surface area contributed by atoms with E-state index in [1.54, 1.807) is 34.0 Å². The van der Waals surface area contributed by atoms with Crippen LogP contribution in [0.15, 0.2) is 79.1 Å². The minimum atomic E-state index is -0.639. The van der Waals surface area contributed by atoms with E-state index in [0.29, 0.717) is 36.4 Å². The van der Waals surface area contributed by atoms with E-state index in [9.17, 15) is 18.8 Å². The van der Waals surface area contributed by atoms with Gasteiger partial charge in [0.05, 0.1) is 31.5 Å². The number of likely N-dealkylation sites (tertiary alicyclic amines) is 1. The van der Waals surface area contributed by atoms with Gasteiger partial charge in [-0.2, -0.15) is 5.10 Å². The molecule has 1 fully saturated rings. The van der Waals surface area contributed by atoms with Crippen LogP contribution >= 0.6 is 0 Å². The summed E-state index contributed by atoms with van der Waals surface area (Å²) in [5.74, 6) is -0.830. The number of hydrogen-bond donors (Lipinski definition) is 2. The molecule has 0 aliphatic carbocycles. The molecule has 1 aromatic heterocycles. The monoisotopic (exact) mass is 613 g/mol. The molecule has 0 unspecified atom stereocenters. The molecule has 45 heavy (non-hydrogen) atoms. The van der Waals surface area contributed by atoms with Crippen molar-refractivity contribution in [2.24, 2.45) is 0 Å². The van der Waals surface area contributed by atoms with E-state index in [4.69, 9.17) is 14.2 Å². The van der Waals surface area contributed by atoms with Gasteiger partial charge in [-0.1, -0.05) is 30.3 Å². The smallest absolute Gasteiger partial charge is 0.258 e. The number of hydrogen-bond acceptors (Lipinski definition) is 7. The molecule has 232 valence electrons. The van der Waals surface area contributed by atoms with E-state index in [1.807, 2.05) is 30.3 Å². The summed E-state index contributed by atoms with van der Waals surface area (Å²) < 4.78 is 33.6. The second-order valence-electron chi connectivity index (χ2n) is 10.9. The molecule has 2 N–H and O–H groups in total. The molecule has 4 aromatic rings. The number of ether oxygens (including phenoxy) is 3. The van der Waals surface area contributed by atoms with Crippen LogP contribution in [0, 0.1) is 5.82 Å². The Bertz CT molecular complexity index is 1710. The zero-order chi connectivity index (χ0) is 31.3. The van der Waals surface area contributed by atoms with Gasteiger partial charge in [0.2, 0.25) is 0 Å². The predicted octanol–water partition coefficient (Wildman–Crippen LogP) is 3.18. The molecule has 1 saturated heterocycles. The Labute approximate surface area is 258 Å². The van der Waals surface area contributed by atoms with Crippen molar-refractivity contribution in [2.75, 3.05) is 26.8 Å². The summed E-state index contributed by atoms with van der Waals surface area (Å²) in [5, 5.41) is 10.1. The van der Waals surface area contributed by atoms with Gasteiger partial charge in [-0.25, -0.2) is 4.39 Å². The maximum absolute atomic E-state index is 14.6. The first kappa shape index (κ1) is 29.7. The van der Waals surface area contributed by atoms with E-state index in [-0.39, 0.29) is 42.7 Å². The van der Waals surface area contributed by atoms with Crippen LogP contribution in [0.25, 0.3) is 0 Å². The number of carbonyl (C=O) groups excluding carboxylic acids is 3. The first-order valence-electron chi connectivity index (χ1n) is 14.5. The van der Waals surface area contributed by atoms with Gasteiger partial charge >= 0.3 is 0 Å². The van der Waals surface area contributed by atoms with Gasteiger partial charge in [-0.05, 0) is 41.5 Å². The largest absolute Gasteiger partial charge is 0.493 e. The van der Waals surface area contributed by atoms with Crippen molar-refractivity contribution in [3.05, 3.63) is 107 Å². The third kappa shape index (κ3) is 7.06. The minimum absolute atomic E-state index is 0.0541. The van der Waals surface area contributed by atoms with Gasteiger partial charge in [0.1, 0.15) is 17.7 Å². The molecule has 3 heterocycles. The first-order valence-corrected chi connectivity index (χ1v) is 14.5. The topological polar surface area (TPSA) is 124 Å². The number of piperidine rings is 1. The molecule has 12 heteroatoms. The number of aromatic nitrogens is 2. The zero-order valence-electron chi connectivity index (χ0n) is 24.6. The van der Waals surface area contributed by atoms with Gasteiger partial charge in [0.25, 0.3) is 17.7 Å². The summed E-state index contributed by atoms with van der Waals surface area (Å²) in [5.41, 5.74) is 2.24. The second kappa shape index (κ2) is 13.1. The van der Waals surface area contributed by atoms with Crippen LogP contribution in [-0.2, 0) is 17.9 Å². The highest BCUT2D eigenvalue weighted by atomic mass is 19.1.